The second-order valence-corrected chi connectivity index (χ2v) is 5.52. The van der Waals surface area contributed by atoms with Crippen molar-refractivity contribution in [1.29, 1.82) is 0 Å². The lowest BCUT2D eigenvalue weighted by molar-refractivity contribution is 0.297. The van der Waals surface area contributed by atoms with E-state index in [9.17, 15) is 0 Å². The SMILES string of the molecule is CCCOc1cncc(C(NN)C2CCCC2C)c1. The van der Waals surface area contributed by atoms with Crippen LogP contribution in [0.4, 0.5) is 0 Å². The van der Waals surface area contributed by atoms with Crippen molar-refractivity contribution in [1.82, 2.24) is 10.4 Å². The zero-order chi connectivity index (χ0) is 13.7. The number of hydrogen-bond acceptors (Lipinski definition) is 4. The lowest BCUT2D eigenvalue weighted by Crippen LogP contribution is -2.34. The molecule has 3 atom stereocenters. The number of pyridine rings is 1. The first-order valence-electron chi connectivity index (χ1n) is 7.30. The van der Waals surface area contributed by atoms with Crippen molar-refractivity contribution in [3.63, 3.8) is 0 Å². The van der Waals surface area contributed by atoms with E-state index in [0.29, 0.717) is 11.8 Å². The van der Waals surface area contributed by atoms with Gasteiger partial charge < -0.3 is 4.74 Å². The van der Waals surface area contributed by atoms with Crippen molar-refractivity contribution in [3.05, 3.63) is 24.0 Å². The Balaban J connectivity index is 2.13. The number of nitrogens with one attached hydrogen (secondary N) is 1. The molecule has 1 aliphatic carbocycles. The molecule has 0 saturated heterocycles. The predicted octanol–water partition coefficient (Wildman–Crippen LogP) is 2.81. The molecule has 0 spiro atoms. The molecule has 1 fully saturated rings. The second-order valence-electron chi connectivity index (χ2n) is 5.52. The molecule has 4 heteroatoms. The van der Waals surface area contributed by atoms with Crippen molar-refractivity contribution in [2.45, 2.75) is 45.6 Å². The van der Waals surface area contributed by atoms with Crippen LogP contribution in [0.5, 0.6) is 5.75 Å². The maximum Gasteiger partial charge on any atom is 0.137 e. The van der Waals surface area contributed by atoms with Gasteiger partial charge in [0.1, 0.15) is 5.75 Å². The van der Waals surface area contributed by atoms with Gasteiger partial charge in [-0.1, -0.05) is 26.7 Å². The Morgan fingerprint density at radius 3 is 2.95 bits per heavy atom. The van der Waals surface area contributed by atoms with Gasteiger partial charge in [-0.25, -0.2) is 0 Å². The molecule has 3 N–H and O–H groups in total. The highest BCUT2D eigenvalue weighted by Gasteiger charge is 2.31. The van der Waals surface area contributed by atoms with Gasteiger partial charge in [-0.05, 0) is 36.3 Å². The quantitative estimate of drug-likeness (QED) is 0.612. The molecule has 4 nitrogen and oxygen atoms in total. The second kappa shape index (κ2) is 6.87. The summed E-state index contributed by atoms with van der Waals surface area (Å²) in [5.41, 5.74) is 4.11. The number of hydrazine groups is 1. The van der Waals surface area contributed by atoms with Gasteiger partial charge in [0.15, 0.2) is 0 Å². The maximum atomic E-state index is 5.78. The monoisotopic (exact) mass is 263 g/mol. The molecular weight excluding hydrogens is 238 g/mol. The molecule has 2 rings (SSSR count). The van der Waals surface area contributed by atoms with Crippen LogP contribution >= 0.6 is 0 Å². The highest BCUT2D eigenvalue weighted by atomic mass is 16.5. The summed E-state index contributed by atoms with van der Waals surface area (Å²) in [5, 5.41) is 0. The van der Waals surface area contributed by atoms with Crippen LogP contribution in [0, 0.1) is 11.8 Å². The molecule has 1 saturated carbocycles. The van der Waals surface area contributed by atoms with E-state index in [1.807, 2.05) is 6.20 Å². The number of ether oxygens (including phenoxy) is 1. The van der Waals surface area contributed by atoms with Gasteiger partial charge in [-0.15, -0.1) is 0 Å². The Kier molecular flexibility index (Phi) is 5.16. The summed E-state index contributed by atoms with van der Waals surface area (Å²) >= 11 is 0. The average Bonchev–Trinajstić information content (AvgIpc) is 2.84. The number of nitrogens with zero attached hydrogens (tertiary/aromatic N) is 1. The standard InChI is InChI=1S/C15H25N3O/c1-3-7-19-13-8-12(9-17-10-13)15(18-16)14-6-4-5-11(14)2/h8-11,14-15,18H,3-7,16H2,1-2H3. The third-order valence-electron chi connectivity index (χ3n) is 4.10. The fraction of sp³-hybridized carbons (Fsp3) is 0.667. The molecule has 1 aliphatic rings. The number of aromatic nitrogens is 1. The molecule has 0 aromatic carbocycles. The molecule has 0 bridgehead atoms. The zero-order valence-electron chi connectivity index (χ0n) is 11.9. The van der Waals surface area contributed by atoms with Gasteiger partial charge in [0.05, 0.1) is 18.8 Å². The molecule has 1 aromatic heterocycles. The smallest absolute Gasteiger partial charge is 0.137 e. The summed E-state index contributed by atoms with van der Waals surface area (Å²) in [4.78, 5) is 4.28. The van der Waals surface area contributed by atoms with E-state index in [4.69, 9.17) is 10.6 Å². The van der Waals surface area contributed by atoms with Gasteiger partial charge in [0, 0.05) is 6.20 Å². The Hall–Kier alpha value is -1.13. The summed E-state index contributed by atoms with van der Waals surface area (Å²) in [6.45, 7) is 5.14. The fourth-order valence-electron chi connectivity index (χ4n) is 3.04. The highest BCUT2D eigenvalue weighted by molar-refractivity contribution is 5.26. The van der Waals surface area contributed by atoms with Gasteiger partial charge >= 0.3 is 0 Å². The van der Waals surface area contributed by atoms with E-state index in [0.717, 1.165) is 24.3 Å². The summed E-state index contributed by atoms with van der Waals surface area (Å²) < 4.78 is 5.65. The minimum Gasteiger partial charge on any atom is -0.492 e. The molecule has 19 heavy (non-hydrogen) atoms. The first kappa shape index (κ1) is 14.3. The largest absolute Gasteiger partial charge is 0.492 e. The maximum absolute atomic E-state index is 5.78. The minimum atomic E-state index is 0.176. The summed E-state index contributed by atoms with van der Waals surface area (Å²) in [5.74, 6) is 7.92. The Bertz CT molecular complexity index is 397. The molecule has 0 aliphatic heterocycles. The van der Waals surface area contributed by atoms with Crippen LogP contribution in [0.1, 0.15) is 51.1 Å². The third kappa shape index (κ3) is 3.45. The van der Waals surface area contributed by atoms with E-state index in [1.165, 1.54) is 19.3 Å². The number of rotatable bonds is 6. The van der Waals surface area contributed by atoms with Crippen LogP contribution in [0.3, 0.4) is 0 Å². The minimum absolute atomic E-state index is 0.176. The first-order valence-corrected chi connectivity index (χ1v) is 7.30. The van der Waals surface area contributed by atoms with Crippen LogP contribution in [0.25, 0.3) is 0 Å². The van der Waals surface area contributed by atoms with Crippen LogP contribution in [-0.2, 0) is 0 Å². The van der Waals surface area contributed by atoms with Crippen molar-refractivity contribution in [3.8, 4) is 5.75 Å². The molecule has 0 radical (unpaired) electrons. The van der Waals surface area contributed by atoms with Crippen LogP contribution in [0.15, 0.2) is 18.5 Å². The molecule has 1 aromatic rings. The predicted molar refractivity (Wildman–Crippen MR) is 76.6 cm³/mol. The van der Waals surface area contributed by atoms with Crippen LogP contribution < -0.4 is 16.0 Å². The average molecular weight is 263 g/mol. The van der Waals surface area contributed by atoms with E-state index >= 15 is 0 Å². The van der Waals surface area contributed by atoms with E-state index in [2.05, 4.69) is 30.3 Å². The van der Waals surface area contributed by atoms with Crippen molar-refractivity contribution in [2.75, 3.05) is 6.61 Å². The molecule has 0 amide bonds. The van der Waals surface area contributed by atoms with Gasteiger partial charge in [0.2, 0.25) is 0 Å². The molecule has 3 unspecified atom stereocenters. The molecule has 1 heterocycles. The summed E-state index contributed by atoms with van der Waals surface area (Å²) in [7, 11) is 0. The first-order chi connectivity index (χ1) is 9.26. The third-order valence-corrected chi connectivity index (χ3v) is 4.10. The van der Waals surface area contributed by atoms with E-state index in [-0.39, 0.29) is 6.04 Å². The highest BCUT2D eigenvalue weighted by Crippen LogP contribution is 2.39. The lowest BCUT2D eigenvalue weighted by atomic mass is 9.87. The van der Waals surface area contributed by atoms with E-state index in [1.54, 1.807) is 6.20 Å². The molecular formula is C15H25N3O. The Labute approximate surface area is 115 Å². The van der Waals surface area contributed by atoms with Crippen molar-refractivity contribution < 1.29 is 4.74 Å². The van der Waals surface area contributed by atoms with E-state index < -0.39 is 0 Å². The molecule has 106 valence electrons. The lowest BCUT2D eigenvalue weighted by Gasteiger charge is -2.26. The van der Waals surface area contributed by atoms with Gasteiger partial charge in [0.25, 0.3) is 0 Å². The number of nitrogens with two attached hydrogens (primary N) is 1. The van der Waals surface area contributed by atoms with Crippen molar-refractivity contribution in [2.24, 2.45) is 17.7 Å². The van der Waals surface area contributed by atoms with Crippen LogP contribution in [0.2, 0.25) is 0 Å². The summed E-state index contributed by atoms with van der Waals surface area (Å²) in [6, 6.07) is 2.24. The summed E-state index contributed by atoms with van der Waals surface area (Å²) in [6.07, 6.45) is 8.49. The van der Waals surface area contributed by atoms with Crippen LogP contribution in [-0.4, -0.2) is 11.6 Å². The van der Waals surface area contributed by atoms with Gasteiger partial charge in [-0.3, -0.25) is 16.3 Å². The Morgan fingerprint density at radius 1 is 1.47 bits per heavy atom. The van der Waals surface area contributed by atoms with Crippen molar-refractivity contribution >= 4 is 0 Å². The van der Waals surface area contributed by atoms with Gasteiger partial charge in [-0.2, -0.15) is 0 Å². The normalized spacial score (nSPS) is 24.4. The number of hydrogen-bond donors (Lipinski definition) is 2. The fourth-order valence-corrected chi connectivity index (χ4v) is 3.04. The topological polar surface area (TPSA) is 60.2 Å². The zero-order valence-corrected chi connectivity index (χ0v) is 11.9. The Morgan fingerprint density at radius 2 is 2.32 bits per heavy atom.